The van der Waals surface area contributed by atoms with Crippen LogP contribution in [0.4, 0.5) is 0 Å². The molecule has 1 heterocycles. The zero-order valence-electron chi connectivity index (χ0n) is 11.2. The lowest BCUT2D eigenvalue weighted by Crippen LogP contribution is -2.21. The van der Waals surface area contributed by atoms with Gasteiger partial charge in [-0.2, -0.15) is 0 Å². The summed E-state index contributed by atoms with van der Waals surface area (Å²) in [6.45, 7) is 3.76. The van der Waals surface area contributed by atoms with E-state index in [2.05, 4.69) is 42.0 Å². The van der Waals surface area contributed by atoms with Crippen molar-refractivity contribution >= 4 is 10.9 Å². The average molecular weight is 246 g/mol. The number of aromatic nitrogens is 1. The molecule has 0 spiro atoms. The van der Waals surface area contributed by atoms with E-state index >= 15 is 0 Å². The van der Waals surface area contributed by atoms with Gasteiger partial charge in [-0.05, 0) is 30.5 Å². The molecule has 98 valence electrons. The van der Waals surface area contributed by atoms with Crippen LogP contribution in [0.3, 0.4) is 0 Å². The molecule has 0 radical (unpaired) electrons. The number of ether oxygens (including phenoxy) is 1. The van der Waals surface area contributed by atoms with Crippen molar-refractivity contribution in [3.63, 3.8) is 0 Å². The molecule has 2 rings (SSSR count). The van der Waals surface area contributed by atoms with E-state index in [0.717, 1.165) is 26.0 Å². The van der Waals surface area contributed by atoms with Gasteiger partial charge in [0, 0.05) is 36.8 Å². The van der Waals surface area contributed by atoms with Crippen molar-refractivity contribution in [2.45, 2.75) is 32.4 Å². The summed E-state index contributed by atoms with van der Waals surface area (Å²) in [4.78, 5) is 0. The SMILES string of the molecule is CCC(N)Cc1cccc2c1ccn2CCOC. The Bertz CT molecular complexity index is 504. The Morgan fingerprint density at radius 2 is 2.17 bits per heavy atom. The van der Waals surface area contributed by atoms with Crippen molar-refractivity contribution < 1.29 is 4.74 Å². The standard InChI is InChI=1S/C15H22N2O/c1-3-13(16)11-12-5-4-6-15-14(12)7-8-17(15)9-10-18-2/h4-8,13H,3,9-11,16H2,1-2H3. The van der Waals surface area contributed by atoms with Gasteiger partial charge in [-0.25, -0.2) is 0 Å². The molecule has 0 saturated heterocycles. The molecule has 18 heavy (non-hydrogen) atoms. The van der Waals surface area contributed by atoms with Crippen molar-refractivity contribution in [1.82, 2.24) is 4.57 Å². The summed E-state index contributed by atoms with van der Waals surface area (Å²) in [5.41, 5.74) is 8.67. The van der Waals surface area contributed by atoms with Crippen LogP contribution in [0.15, 0.2) is 30.5 Å². The Morgan fingerprint density at radius 3 is 2.89 bits per heavy atom. The molecule has 0 amide bonds. The van der Waals surface area contributed by atoms with Gasteiger partial charge in [0.05, 0.1) is 6.61 Å². The van der Waals surface area contributed by atoms with E-state index in [-0.39, 0.29) is 6.04 Å². The second kappa shape index (κ2) is 6.03. The maximum absolute atomic E-state index is 6.06. The summed E-state index contributed by atoms with van der Waals surface area (Å²) in [6.07, 6.45) is 4.09. The fraction of sp³-hybridized carbons (Fsp3) is 0.467. The van der Waals surface area contributed by atoms with Crippen molar-refractivity contribution in [2.75, 3.05) is 13.7 Å². The molecule has 0 aliphatic heterocycles. The number of nitrogens with two attached hydrogens (primary N) is 1. The third kappa shape index (κ3) is 2.74. The average Bonchev–Trinajstić information content (AvgIpc) is 2.80. The Hall–Kier alpha value is -1.32. The Kier molecular flexibility index (Phi) is 4.39. The number of nitrogens with zero attached hydrogens (tertiary/aromatic N) is 1. The monoisotopic (exact) mass is 246 g/mol. The van der Waals surface area contributed by atoms with E-state index in [1.165, 1.54) is 16.5 Å². The molecule has 0 bridgehead atoms. The second-order valence-electron chi connectivity index (χ2n) is 4.72. The van der Waals surface area contributed by atoms with Crippen molar-refractivity contribution in [3.8, 4) is 0 Å². The molecule has 2 N–H and O–H groups in total. The number of hydrogen-bond acceptors (Lipinski definition) is 2. The lowest BCUT2D eigenvalue weighted by atomic mass is 10.0. The smallest absolute Gasteiger partial charge is 0.0641 e. The summed E-state index contributed by atoms with van der Waals surface area (Å²) in [6, 6.07) is 8.88. The fourth-order valence-electron chi connectivity index (χ4n) is 2.28. The van der Waals surface area contributed by atoms with Gasteiger partial charge in [-0.3, -0.25) is 0 Å². The largest absolute Gasteiger partial charge is 0.383 e. The number of methoxy groups -OCH3 is 1. The first-order valence-corrected chi connectivity index (χ1v) is 6.57. The zero-order valence-corrected chi connectivity index (χ0v) is 11.2. The van der Waals surface area contributed by atoms with E-state index in [1.54, 1.807) is 7.11 Å². The predicted molar refractivity (Wildman–Crippen MR) is 75.8 cm³/mol. The lowest BCUT2D eigenvalue weighted by Gasteiger charge is -2.10. The van der Waals surface area contributed by atoms with Crippen LogP contribution < -0.4 is 5.73 Å². The molecule has 3 nitrogen and oxygen atoms in total. The van der Waals surface area contributed by atoms with Crippen molar-refractivity contribution in [2.24, 2.45) is 5.73 Å². The van der Waals surface area contributed by atoms with Crippen LogP contribution in [-0.2, 0) is 17.7 Å². The maximum Gasteiger partial charge on any atom is 0.0641 e. The van der Waals surface area contributed by atoms with E-state index in [1.807, 2.05) is 0 Å². The molecule has 2 aromatic rings. The highest BCUT2D eigenvalue weighted by molar-refractivity contribution is 5.83. The highest BCUT2D eigenvalue weighted by atomic mass is 16.5. The zero-order chi connectivity index (χ0) is 13.0. The molecule has 1 aromatic heterocycles. The van der Waals surface area contributed by atoms with E-state index in [4.69, 9.17) is 10.5 Å². The highest BCUT2D eigenvalue weighted by Gasteiger charge is 2.08. The third-order valence-electron chi connectivity index (χ3n) is 3.45. The Balaban J connectivity index is 2.30. The van der Waals surface area contributed by atoms with E-state index in [9.17, 15) is 0 Å². The van der Waals surface area contributed by atoms with Crippen LogP contribution in [0.1, 0.15) is 18.9 Å². The summed E-state index contributed by atoms with van der Waals surface area (Å²) in [7, 11) is 1.73. The molecule has 1 atom stereocenters. The third-order valence-corrected chi connectivity index (χ3v) is 3.45. The van der Waals surface area contributed by atoms with Crippen molar-refractivity contribution in [1.29, 1.82) is 0 Å². The quantitative estimate of drug-likeness (QED) is 0.851. The predicted octanol–water partition coefficient (Wildman–Crippen LogP) is 2.57. The molecule has 0 saturated carbocycles. The van der Waals surface area contributed by atoms with Gasteiger partial charge in [-0.1, -0.05) is 19.1 Å². The molecule has 0 aliphatic rings. The number of fused-ring (bicyclic) bond motifs is 1. The van der Waals surface area contributed by atoms with Crippen LogP contribution in [0.2, 0.25) is 0 Å². The number of hydrogen-bond donors (Lipinski definition) is 1. The van der Waals surface area contributed by atoms with Crippen LogP contribution in [0.5, 0.6) is 0 Å². The van der Waals surface area contributed by atoms with Gasteiger partial charge in [0.2, 0.25) is 0 Å². The highest BCUT2D eigenvalue weighted by Crippen LogP contribution is 2.21. The van der Waals surface area contributed by atoms with Gasteiger partial charge in [0.15, 0.2) is 0 Å². The molecule has 0 fully saturated rings. The maximum atomic E-state index is 6.06. The second-order valence-corrected chi connectivity index (χ2v) is 4.72. The van der Waals surface area contributed by atoms with Gasteiger partial charge < -0.3 is 15.0 Å². The van der Waals surface area contributed by atoms with Gasteiger partial charge in [-0.15, -0.1) is 0 Å². The molecule has 3 heteroatoms. The van der Waals surface area contributed by atoms with Crippen LogP contribution >= 0.6 is 0 Å². The minimum absolute atomic E-state index is 0.248. The first-order chi connectivity index (χ1) is 8.76. The van der Waals surface area contributed by atoms with Gasteiger partial charge in [0.25, 0.3) is 0 Å². The van der Waals surface area contributed by atoms with E-state index < -0.39 is 0 Å². The normalized spacial score (nSPS) is 13.1. The minimum atomic E-state index is 0.248. The fourth-order valence-corrected chi connectivity index (χ4v) is 2.28. The van der Waals surface area contributed by atoms with E-state index in [0.29, 0.717) is 0 Å². The first kappa shape index (κ1) is 13.1. The van der Waals surface area contributed by atoms with Gasteiger partial charge >= 0.3 is 0 Å². The van der Waals surface area contributed by atoms with Crippen LogP contribution in [0.25, 0.3) is 10.9 Å². The Morgan fingerprint density at radius 1 is 1.33 bits per heavy atom. The summed E-state index contributed by atoms with van der Waals surface area (Å²) in [5.74, 6) is 0. The molecule has 1 unspecified atom stereocenters. The molecule has 0 aliphatic carbocycles. The molecule has 1 aromatic carbocycles. The summed E-state index contributed by atoms with van der Waals surface area (Å²) >= 11 is 0. The molecular weight excluding hydrogens is 224 g/mol. The van der Waals surface area contributed by atoms with Crippen molar-refractivity contribution in [3.05, 3.63) is 36.0 Å². The summed E-state index contributed by atoms with van der Waals surface area (Å²) < 4.78 is 7.37. The molecular formula is C15H22N2O. The lowest BCUT2D eigenvalue weighted by molar-refractivity contribution is 0.188. The van der Waals surface area contributed by atoms with Crippen LogP contribution in [-0.4, -0.2) is 24.3 Å². The summed E-state index contributed by atoms with van der Waals surface area (Å²) in [5, 5.41) is 1.32. The van der Waals surface area contributed by atoms with Crippen LogP contribution in [0, 0.1) is 0 Å². The minimum Gasteiger partial charge on any atom is -0.383 e. The number of benzene rings is 1. The number of rotatable bonds is 6. The topological polar surface area (TPSA) is 40.2 Å². The van der Waals surface area contributed by atoms with Gasteiger partial charge in [0.1, 0.15) is 0 Å². The first-order valence-electron chi connectivity index (χ1n) is 6.57. The Labute approximate surface area is 109 Å².